The average molecular weight is 343 g/mol. The Morgan fingerprint density at radius 2 is 1.96 bits per heavy atom. The molecule has 0 spiro atoms. The monoisotopic (exact) mass is 342 g/mol. The Bertz CT molecular complexity index is 626. The lowest BCUT2D eigenvalue weighted by Crippen LogP contribution is -2.54. The molecule has 1 aliphatic heterocycles. The lowest BCUT2D eigenvalue weighted by atomic mass is 10.1. The maximum absolute atomic E-state index is 12.4. The summed E-state index contributed by atoms with van der Waals surface area (Å²) in [4.78, 5) is 18.3. The lowest BCUT2D eigenvalue weighted by Gasteiger charge is -2.40. The molecule has 0 saturated carbocycles. The average Bonchev–Trinajstić information content (AvgIpc) is 3.13. The minimum atomic E-state index is 0.304. The summed E-state index contributed by atoms with van der Waals surface area (Å²) in [6, 6.07) is 15.2. The highest BCUT2D eigenvalue weighted by Crippen LogP contribution is 2.15. The third-order valence-electron chi connectivity index (χ3n) is 4.81. The molecule has 0 radical (unpaired) electrons. The molecule has 3 rings (SSSR count). The second-order valence-electron chi connectivity index (χ2n) is 6.54. The van der Waals surface area contributed by atoms with Crippen LogP contribution in [0.3, 0.4) is 0 Å². The van der Waals surface area contributed by atoms with E-state index in [0.717, 1.165) is 39.0 Å². The van der Waals surface area contributed by atoms with E-state index < -0.39 is 0 Å². The van der Waals surface area contributed by atoms with Crippen molar-refractivity contribution in [3.05, 3.63) is 58.3 Å². The van der Waals surface area contributed by atoms with Gasteiger partial charge in [-0.25, -0.2) is 0 Å². The van der Waals surface area contributed by atoms with Crippen LogP contribution in [0.5, 0.6) is 0 Å². The Balaban J connectivity index is 1.43. The quantitative estimate of drug-likeness (QED) is 0.803. The number of hydrogen-bond donors (Lipinski definition) is 0. The molecule has 1 unspecified atom stereocenters. The molecular weight excluding hydrogens is 316 g/mol. The molecule has 24 heavy (non-hydrogen) atoms. The van der Waals surface area contributed by atoms with Crippen LogP contribution in [-0.2, 0) is 17.6 Å². The number of benzene rings is 1. The van der Waals surface area contributed by atoms with Crippen LogP contribution in [0.2, 0.25) is 0 Å². The van der Waals surface area contributed by atoms with Crippen LogP contribution in [0.25, 0.3) is 0 Å². The number of piperazine rings is 1. The van der Waals surface area contributed by atoms with E-state index in [9.17, 15) is 4.79 Å². The van der Waals surface area contributed by atoms with E-state index in [-0.39, 0.29) is 0 Å². The number of nitrogens with zero attached hydrogens (tertiary/aromatic N) is 2. The maximum atomic E-state index is 12.4. The normalized spacial score (nSPS) is 18.7. The van der Waals surface area contributed by atoms with Crippen LogP contribution in [0.4, 0.5) is 0 Å². The first kappa shape index (κ1) is 17.2. The molecule has 128 valence electrons. The number of carbonyl (C=O) groups is 1. The molecule has 4 heteroatoms. The molecule has 0 bridgehead atoms. The van der Waals surface area contributed by atoms with Crippen LogP contribution >= 0.6 is 11.3 Å². The number of thiophene rings is 1. The van der Waals surface area contributed by atoms with Crippen molar-refractivity contribution in [2.24, 2.45) is 0 Å². The first-order chi connectivity index (χ1) is 11.7. The van der Waals surface area contributed by atoms with Crippen LogP contribution in [0, 0.1) is 0 Å². The highest BCUT2D eigenvalue weighted by atomic mass is 32.1. The summed E-state index contributed by atoms with van der Waals surface area (Å²) in [6.07, 6.45) is 2.59. The third-order valence-corrected chi connectivity index (χ3v) is 5.75. The van der Waals surface area contributed by atoms with E-state index in [1.807, 2.05) is 0 Å². The summed E-state index contributed by atoms with van der Waals surface area (Å²) in [5.41, 5.74) is 1.39. The smallest absolute Gasteiger partial charge is 0.223 e. The Morgan fingerprint density at radius 3 is 2.67 bits per heavy atom. The van der Waals surface area contributed by atoms with Gasteiger partial charge >= 0.3 is 0 Å². The molecule has 1 amide bonds. The number of amides is 1. The van der Waals surface area contributed by atoms with Crippen molar-refractivity contribution in [2.45, 2.75) is 32.2 Å². The van der Waals surface area contributed by atoms with Gasteiger partial charge in [0, 0.05) is 43.5 Å². The van der Waals surface area contributed by atoms with Gasteiger partial charge in [0.25, 0.3) is 0 Å². The highest BCUT2D eigenvalue weighted by Gasteiger charge is 2.26. The van der Waals surface area contributed by atoms with Crippen molar-refractivity contribution in [3.8, 4) is 0 Å². The first-order valence-electron chi connectivity index (χ1n) is 8.80. The summed E-state index contributed by atoms with van der Waals surface area (Å²) in [5, 5.41) is 2.08. The minimum Gasteiger partial charge on any atom is -0.340 e. The molecule has 0 aliphatic carbocycles. The van der Waals surface area contributed by atoms with Gasteiger partial charge in [-0.1, -0.05) is 36.4 Å². The van der Waals surface area contributed by atoms with Crippen LogP contribution in [-0.4, -0.2) is 47.9 Å². The van der Waals surface area contributed by atoms with E-state index >= 15 is 0 Å². The van der Waals surface area contributed by atoms with Gasteiger partial charge in [0.1, 0.15) is 0 Å². The van der Waals surface area contributed by atoms with Gasteiger partial charge in [-0.2, -0.15) is 0 Å². The van der Waals surface area contributed by atoms with Crippen molar-refractivity contribution in [2.75, 3.05) is 26.2 Å². The molecule has 1 saturated heterocycles. The molecule has 3 nitrogen and oxygen atoms in total. The van der Waals surface area contributed by atoms with Crippen molar-refractivity contribution >= 4 is 17.2 Å². The fourth-order valence-electron chi connectivity index (χ4n) is 3.31. The molecule has 1 atom stereocenters. The van der Waals surface area contributed by atoms with Gasteiger partial charge in [-0.05, 0) is 36.8 Å². The predicted octanol–water partition coefficient (Wildman–Crippen LogP) is 3.46. The SMILES string of the molecule is CC1CN(C(=O)CCc2cccs2)CCN1CCc1ccccc1. The van der Waals surface area contributed by atoms with Crippen LogP contribution < -0.4 is 0 Å². The molecule has 1 aliphatic rings. The fourth-order valence-corrected chi connectivity index (χ4v) is 4.02. The molecule has 1 fully saturated rings. The fraction of sp³-hybridized carbons (Fsp3) is 0.450. The summed E-state index contributed by atoms with van der Waals surface area (Å²) in [6.45, 7) is 6.02. The number of hydrogen-bond acceptors (Lipinski definition) is 3. The van der Waals surface area contributed by atoms with E-state index in [1.165, 1.54) is 10.4 Å². The van der Waals surface area contributed by atoms with Gasteiger partial charge in [0.05, 0.1) is 0 Å². The van der Waals surface area contributed by atoms with Crippen LogP contribution in [0.15, 0.2) is 47.8 Å². The van der Waals surface area contributed by atoms with Crippen molar-refractivity contribution in [1.29, 1.82) is 0 Å². The van der Waals surface area contributed by atoms with Gasteiger partial charge in [-0.3, -0.25) is 9.69 Å². The van der Waals surface area contributed by atoms with Crippen LogP contribution in [0.1, 0.15) is 23.8 Å². The molecular formula is C20H26N2OS. The largest absolute Gasteiger partial charge is 0.340 e. The van der Waals surface area contributed by atoms with E-state index in [1.54, 1.807) is 11.3 Å². The second-order valence-corrected chi connectivity index (χ2v) is 7.57. The third kappa shape index (κ3) is 4.68. The Hall–Kier alpha value is -1.65. The summed E-state index contributed by atoms with van der Waals surface area (Å²) >= 11 is 1.74. The zero-order valence-electron chi connectivity index (χ0n) is 14.4. The molecule has 1 aromatic carbocycles. The van der Waals surface area contributed by atoms with E-state index in [2.05, 4.69) is 64.6 Å². The molecule has 2 heterocycles. The number of aryl methyl sites for hydroxylation is 1. The van der Waals surface area contributed by atoms with Gasteiger partial charge in [0.2, 0.25) is 5.91 Å². The van der Waals surface area contributed by atoms with Gasteiger partial charge in [0.15, 0.2) is 0 Å². The van der Waals surface area contributed by atoms with E-state index in [0.29, 0.717) is 18.4 Å². The maximum Gasteiger partial charge on any atom is 0.223 e. The van der Waals surface area contributed by atoms with E-state index in [4.69, 9.17) is 0 Å². The Labute approximate surface area is 148 Å². The molecule has 2 aromatic rings. The zero-order chi connectivity index (χ0) is 16.8. The van der Waals surface area contributed by atoms with Gasteiger partial charge in [-0.15, -0.1) is 11.3 Å². The summed E-state index contributed by atoms with van der Waals surface area (Å²) in [5.74, 6) is 0.304. The van der Waals surface area contributed by atoms with Crippen molar-refractivity contribution in [1.82, 2.24) is 9.80 Å². The van der Waals surface area contributed by atoms with Gasteiger partial charge < -0.3 is 4.90 Å². The molecule has 0 N–H and O–H groups in total. The topological polar surface area (TPSA) is 23.6 Å². The Morgan fingerprint density at radius 1 is 1.12 bits per heavy atom. The summed E-state index contributed by atoms with van der Waals surface area (Å²) < 4.78 is 0. The second kappa shape index (κ2) is 8.45. The zero-order valence-corrected chi connectivity index (χ0v) is 15.2. The molecule has 1 aromatic heterocycles. The van der Waals surface area contributed by atoms with Crippen molar-refractivity contribution in [3.63, 3.8) is 0 Å². The number of carbonyl (C=O) groups excluding carboxylic acids is 1. The standard InChI is InChI=1S/C20H26N2OS/c1-17-16-22(20(23)10-9-19-8-5-15-24-19)14-13-21(17)12-11-18-6-3-2-4-7-18/h2-8,15,17H,9-14,16H2,1H3. The van der Waals surface area contributed by atoms with Crippen molar-refractivity contribution < 1.29 is 4.79 Å². The highest BCUT2D eigenvalue weighted by molar-refractivity contribution is 7.09. The summed E-state index contributed by atoms with van der Waals surface area (Å²) in [7, 11) is 0. The predicted molar refractivity (Wildman–Crippen MR) is 100 cm³/mol. The Kier molecular flexibility index (Phi) is 6.05. The lowest BCUT2D eigenvalue weighted by molar-refractivity contribution is -0.134. The minimum absolute atomic E-state index is 0.304. The number of rotatable bonds is 6. The first-order valence-corrected chi connectivity index (χ1v) is 9.68.